The van der Waals surface area contributed by atoms with Crippen LogP contribution >= 0.6 is 0 Å². The first-order chi connectivity index (χ1) is 11.3. The van der Waals surface area contributed by atoms with Gasteiger partial charge in [0.05, 0.1) is 30.5 Å². The summed E-state index contributed by atoms with van der Waals surface area (Å²) in [5, 5.41) is 59.5. The molecule has 6 N–H and O–H groups in total. The van der Waals surface area contributed by atoms with Gasteiger partial charge in [-0.2, -0.15) is 0 Å². The average molecular weight is 348 g/mol. The van der Waals surface area contributed by atoms with Crippen molar-refractivity contribution < 1.29 is 44.8 Å². The Morgan fingerprint density at radius 3 is 2.50 bits per heavy atom. The highest BCUT2D eigenvalue weighted by atomic mass is 16.8. The Morgan fingerprint density at radius 1 is 1.12 bits per heavy atom. The van der Waals surface area contributed by atoms with Crippen LogP contribution in [0.25, 0.3) is 0 Å². The van der Waals surface area contributed by atoms with E-state index in [0.717, 1.165) is 0 Å². The van der Waals surface area contributed by atoms with Crippen LogP contribution in [0.5, 0.6) is 0 Å². The van der Waals surface area contributed by atoms with Gasteiger partial charge in [-0.3, -0.25) is 0 Å². The summed E-state index contributed by atoms with van der Waals surface area (Å²) in [7, 11) is 0. The van der Waals surface area contributed by atoms with Crippen LogP contribution < -0.4 is 0 Å². The lowest BCUT2D eigenvalue weighted by molar-refractivity contribution is -0.346. The van der Waals surface area contributed by atoms with Crippen molar-refractivity contribution in [3.05, 3.63) is 12.3 Å². The van der Waals surface area contributed by atoms with Gasteiger partial charge < -0.3 is 44.8 Å². The minimum atomic E-state index is -1.56. The Bertz CT molecular complexity index is 480. The lowest BCUT2D eigenvalue weighted by Gasteiger charge is -2.43. The molecule has 1 saturated carbocycles. The summed E-state index contributed by atoms with van der Waals surface area (Å²) < 4.78 is 16.3. The molecule has 1 aliphatic carbocycles. The van der Waals surface area contributed by atoms with Crippen molar-refractivity contribution in [3.63, 3.8) is 0 Å². The Balaban J connectivity index is 1.76. The third-order valence-electron chi connectivity index (χ3n) is 5.12. The molecule has 3 rings (SSSR count). The highest BCUT2D eigenvalue weighted by molar-refractivity contribution is 5.10. The summed E-state index contributed by atoms with van der Waals surface area (Å²) in [6.07, 6.45) is -5.74. The van der Waals surface area contributed by atoms with E-state index in [2.05, 4.69) is 0 Å². The molecule has 0 bridgehead atoms. The fourth-order valence-electron chi connectivity index (χ4n) is 3.80. The van der Waals surface area contributed by atoms with Crippen LogP contribution in [0, 0.1) is 11.8 Å². The van der Waals surface area contributed by atoms with E-state index >= 15 is 0 Å². The van der Waals surface area contributed by atoms with Gasteiger partial charge in [-0.25, -0.2) is 0 Å². The van der Waals surface area contributed by atoms with Crippen LogP contribution in [0.2, 0.25) is 0 Å². The maximum Gasteiger partial charge on any atom is 0.207 e. The van der Waals surface area contributed by atoms with Gasteiger partial charge in [0.1, 0.15) is 24.4 Å². The van der Waals surface area contributed by atoms with E-state index in [1.165, 1.54) is 6.26 Å². The lowest BCUT2D eigenvalue weighted by atomic mass is 9.85. The molecule has 0 amide bonds. The predicted molar refractivity (Wildman–Crippen MR) is 77.1 cm³/mol. The molecular weight excluding hydrogens is 324 g/mol. The topological polar surface area (TPSA) is 149 Å². The number of hydrogen-bond acceptors (Lipinski definition) is 9. The normalized spacial score (nSPS) is 54.4. The average Bonchev–Trinajstić information content (AvgIpc) is 2.78. The molecule has 2 heterocycles. The van der Waals surface area contributed by atoms with Crippen LogP contribution in [-0.4, -0.2) is 85.9 Å². The number of hydrogen-bond donors (Lipinski definition) is 6. The van der Waals surface area contributed by atoms with Crippen molar-refractivity contribution in [2.45, 2.75) is 62.0 Å². The van der Waals surface area contributed by atoms with E-state index < -0.39 is 61.2 Å². The molecular formula is C15H24O9. The van der Waals surface area contributed by atoms with E-state index in [1.54, 1.807) is 13.0 Å². The Labute approximate surface area is 138 Å². The first-order valence-electron chi connectivity index (χ1n) is 7.95. The highest BCUT2D eigenvalue weighted by Crippen LogP contribution is 2.46. The van der Waals surface area contributed by atoms with Gasteiger partial charge >= 0.3 is 0 Å². The maximum atomic E-state index is 10.5. The molecule has 3 aliphatic rings. The summed E-state index contributed by atoms with van der Waals surface area (Å²) in [5.74, 6) is -0.992. The predicted octanol–water partition coefficient (Wildman–Crippen LogP) is -2.58. The molecule has 9 heteroatoms. The zero-order valence-electron chi connectivity index (χ0n) is 13.2. The molecule has 0 radical (unpaired) electrons. The molecule has 138 valence electrons. The number of ether oxygens (including phenoxy) is 3. The summed E-state index contributed by atoms with van der Waals surface area (Å²) >= 11 is 0. The van der Waals surface area contributed by atoms with Crippen LogP contribution in [0.1, 0.15) is 13.3 Å². The SMILES string of the molecule is C[C@]1(O)C[C@@H](O)[C@@H]2C=CO[C@@H](O[C@H]3O[C@H](CO)[C@@H](O)[C@H](O)[C@H]3O)[C@@H]21. The first kappa shape index (κ1) is 18.0. The second kappa shape index (κ2) is 6.50. The monoisotopic (exact) mass is 348 g/mol. The van der Waals surface area contributed by atoms with Crippen molar-refractivity contribution in [3.8, 4) is 0 Å². The number of fused-ring (bicyclic) bond motifs is 1. The van der Waals surface area contributed by atoms with Gasteiger partial charge in [-0.15, -0.1) is 0 Å². The first-order valence-corrected chi connectivity index (χ1v) is 7.95. The highest BCUT2D eigenvalue weighted by Gasteiger charge is 2.56. The molecule has 2 fully saturated rings. The minimum Gasteiger partial charge on any atom is -0.472 e. The van der Waals surface area contributed by atoms with Crippen molar-refractivity contribution in [1.29, 1.82) is 0 Å². The Morgan fingerprint density at radius 2 is 1.83 bits per heavy atom. The summed E-state index contributed by atoms with van der Waals surface area (Å²) in [6, 6.07) is 0. The van der Waals surface area contributed by atoms with Crippen molar-refractivity contribution in [2.24, 2.45) is 11.8 Å². The quantitative estimate of drug-likeness (QED) is 0.323. The number of aliphatic hydroxyl groups is 6. The fraction of sp³-hybridized carbons (Fsp3) is 0.867. The van der Waals surface area contributed by atoms with Crippen molar-refractivity contribution in [1.82, 2.24) is 0 Å². The molecule has 9 nitrogen and oxygen atoms in total. The molecule has 0 aromatic carbocycles. The standard InChI is InChI=1S/C15H24O9/c1-15(21)4-7(17)6-2-3-22-13(9(6)15)24-14-12(20)11(19)10(18)8(5-16)23-14/h2-3,6-14,16-21H,4-5H2,1H3/t6-,7+,8+,9+,10+,11-,12+,13-,14+,15-/m0/s1. The van der Waals surface area contributed by atoms with Gasteiger partial charge in [-0.05, 0) is 13.0 Å². The van der Waals surface area contributed by atoms with E-state index in [1.807, 2.05) is 0 Å². The minimum absolute atomic E-state index is 0.143. The van der Waals surface area contributed by atoms with Crippen LogP contribution in [0.3, 0.4) is 0 Å². The molecule has 2 aliphatic heterocycles. The summed E-state index contributed by atoms with van der Waals surface area (Å²) in [5.41, 5.74) is -1.26. The van der Waals surface area contributed by atoms with Crippen LogP contribution in [0.15, 0.2) is 12.3 Å². The Kier molecular flexibility index (Phi) is 4.89. The summed E-state index contributed by atoms with van der Waals surface area (Å²) in [4.78, 5) is 0. The smallest absolute Gasteiger partial charge is 0.207 e. The molecule has 10 atom stereocenters. The van der Waals surface area contributed by atoms with Gasteiger partial charge in [0.15, 0.2) is 6.29 Å². The van der Waals surface area contributed by atoms with E-state index in [4.69, 9.17) is 14.2 Å². The second-order valence-corrected chi connectivity index (χ2v) is 6.90. The third-order valence-corrected chi connectivity index (χ3v) is 5.12. The van der Waals surface area contributed by atoms with Crippen molar-refractivity contribution in [2.75, 3.05) is 6.61 Å². The molecule has 0 unspecified atom stereocenters. The summed E-state index contributed by atoms with van der Waals surface area (Å²) in [6.45, 7) is 0.992. The van der Waals surface area contributed by atoms with Crippen molar-refractivity contribution >= 4 is 0 Å². The zero-order valence-corrected chi connectivity index (χ0v) is 13.2. The van der Waals surface area contributed by atoms with E-state index in [0.29, 0.717) is 0 Å². The van der Waals surface area contributed by atoms with Crippen LogP contribution in [0.4, 0.5) is 0 Å². The van der Waals surface area contributed by atoms with E-state index in [9.17, 15) is 30.6 Å². The molecule has 24 heavy (non-hydrogen) atoms. The second-order valence-electron chi connectivity index (χ2n) is 6.90. The number of aliphatic hydroxyl groups excluding tert-OH is 5. The lowest BCUT2D eigenvalue weighted by Crippen LogP contribution is -2.60. The van der Waals surface area contributed by atoms with Gasteiger partial charge in [0, 0.05) is 12.3 Å². The van der Waals surface area contributed by atoms with Gasteiger partial charge in [-0.1, -0.05) is 0 Å². The molecule has 0 aromatic rings. The van der Waals surface area contributed by atoms with Gasteiger partial charge in [0.25, 0.3) is 0 Å². The van der Waals surface area contributed by atoms with E-state index in [-0.39, 0.29) is 12.3 Å². The molecule has 0 spiro atoms. The molecule has 0 aromatic heterocycles. The largest absolute Gasteiger partial charge is 0.472 e. The zero-order chi connectivity index (χ0) is 17.6. The Hall–Kier alpha value is -0.780. The molecule has 1 saturated heterocycles. The van der Waals surface area contributed by atoms with Gasteiger partial charge in [0.2, 0.25) is 6.29 Å². The number of rotatable bonds is 3. The third kappa shape index (κ3) is 2.95. The fourth-order valence-corrected chi connectivity index (χ4v) is 3.80. The van der Waals surface area contributed by atoms with Crippen LogP contribution in [-0.2, 0) is 14.2 Å². The maximum absolute atomic E-state index is 10.5.